The zero-order chi connectivity index (χ0) is 6.69. The van der Waals surface area contributed by atoms with Gasteiger partial charge in [0.15, 0.2) is 0 Å². The van der Waals surface area contributed by atoms with Crippen LogP contribution in [0.4, 0.5) is 0 Å². The number of hydrogen-bond donors (Lipinski definition) is 0. The molecule has 52 valence electrons. The van der Waals surface area contributed by atoms with Gasteiger partial charge in [-0.2, -0.15) is 0 Å². The van der Waals surface area contributed by atoms with Crippen LogP contribution >= 0.6 is 11.8 Å². The molecule has 0 bridgehead atoms. The van der Waals surface area contributed by atoms with Crippen LogP contribution in [0.2, 0.25) is 0 Å². The van der Waals surface area contributed by atoms with Crippen molar-refractivity contribution in [2.75, 3.05) is 13.2 Å². The van der Waals surface area contributed by atoms with Crippen LogP contribution in [0.3, 0.4) is 0 Å². The Morgan fingerprint density at radius 1 is 1.56 bits per heavy atom. The normalized spacial score (nSPS) is 17.6. The first-order chi connectivity index (χ1) is 4.33. The molecule has 0 atom stereocenters. The summed E-state index contributed by atoms with van der Waals surface area (Å²) in [4.78, 5) is 2.17. The molecule has 0 aromatic heterocycles. The average Bonchev–Trinajstić information content (AvgIpc) is 2.17. The van der Waals surface area contributed by atoms with Crippen molar-refractivity contribution in [2.24, 2.45) is 0 Å². The molecule has 0 N–H and O–H groups in total. The summed E-state index contributed by atoms with van der Waals surface area (Å²) in [7, 11) is 0. The summed E-state index contributed by atoms with van der Waals surface area (Å²) in [6.45, 7) is 4.08. The van der Waals surface area contributed by atoms with E-state index >= 15 is 0 Å². The van der Waals surface area contributed by atoms with Gasteiger partial charge in [0.2, 0.25) is 0 Å². The summed E-state index contributed by atoms with van der Waals surface area (Å²) in [6, 6.07) is 0. The van der Waals surface area contributed by atoms with E-state index in [9.17, 15) is 0 Å². The number of nitrogens with zero attached hydrogens (tertiary/aromatic N) is 2. The van der Waals surface area contributed by atoms with Gasteiger partial charge in [-0.15, -0.1) is 0 Å². The van der Waals surface area contributed by atoms with E-state index < -0.39 is 0 Å². The second-order valence-corrected chi connectivity index (χ2v) is 2.59. The molecule has 0 radical (unpaired) electrons. The van der Waals surface area contributed by atoms with Crippen molar-refractivity contribution in [2.45, 2.75) is 13.3 Å². The predicted molar refractivity (Wildman–Crippen MR) is 38.7 cm³/mol. The van der Waals surface area contributed by atoms with Crippen molar-refractivity contribution in [3.63, 3.8) is 0 Å². The van der Waals surface area contributed by atoms with Gasteiger partial charge in [0.05, 0.1) is 0 Å². The van der Waals surface area contributed by atoms with Crippen molar-refractivity contribution >= 4 is 11.8 Å². The molecule has 1 aliphatic heterocycles. The molecule has 0 saturated heterocycles. The van der Waals surface area contributed by atoms with Gasteiger partial charge < -0.3 is 4.90 Å². The molecule has 0 aromatic carbocycles. The lowest BCUT2D eigenvalue weighted by Gasteiger charge is -2.14. The Balaban J connectivity index is 2.24. The minimum Gasteiger partial charge on any atom is -0.357 e. The zero-order valence-electron chi connectivity index (χ0n) is 5.55. The van der Waals surface area contributed by atoms with E-state index in [1.165, 1.54) is 6.42 Å². The quantitative estimate of drug-likeness (QED) is 0.546. The van der Waals surface area contributed by atoms with Crippen LogP contribution < -0.4 is 0 Å². The van der Waals surface area contributed by atoms with E-state index in [-0.39, 0.29) is 0 Å². The Morgan fingerprint density at radius 2 is 2.33 bits per heavy atom. The third kappa shape index (κ3) is 1.79. The summed E-state index contributed by atoms with van der Waals surface area (Å²) in [6.07, 6.45) is 5.06. The van der Waals surface area contributed by atoms with E-state index in [0.29, 0.717) is 0 Å². The van der Waals surface area contributed by atoms with Crippen LogP contribution in [0, 0.1) is 0 Å². The second kappa shape index (κ2) is 2.97. The maximum atomic E-state index is 5.65. The molecule has 1 rings (SSSR count). The Labute approximate surface area is 60.8 Å². The highest BCUT2D eigenvalue weighted by molar-refractivity contribution is 6.14. The van der Waals surface area contributed by atoms with Crippen molar-refractivity contribution < 1.29 is 0 Å². The van der Waals surface area contributed by atoms with Gasteiger partial charge in [-0.3, -0.25) is 4.42 Å². The van der Waals surface area contributed by atoms with Gasteiger partial charge in [-0.1, -0.05) is 6.92 Å². The second-order valence-electron chi connectivity index (χ2n) is 2.15. The molecule has 0 aliphatic carbocycles. The monoisotopic (exact) mass is 146 g/mol. The Morgan fingerprint density at radius 3 is 2.78 bits per heavy atom. The predicted octanol–water partition coefficient (Wildman–Crippen LogP) is 1.60. The highest BCUT2D eigenvalue weighted by atomic mass is 35.5. The lowest BCUT2D eigenvalue weighted by Crippen LogP contribution is -2.20. The van der Waals surface area contributed by atoms with Crippen LogP contribution in [0.1, 0.15) is 13.3 Å². The fraction of sp³-hybridized carbons (Fsp3) is 0.667. The van der Waals surface area contributed by atoms with Crippen molar-refractivity contribution in [1.29, 1.82) is 0 Å². The van der Waals surface area contributed by atoms with Crippen LogP contribution in [0.25, 0.3) is 0 Å². The van der Waals surface area contributed by atoms with Gasteiger partial charge in [0, 0.05) is 30.7 Å². The first-order valence-electron chi connectivity index (χ1n) is 3.17. The maximum absolute atomic E-state index is 5.65. The van der Waals surface area contributed by atoms with E-state index in [1.807, 2.05) is 12.4 Å². The molecular formula is C6H11ClN2. The molecule has 0 aromatic rings. The highest BCUT2D eigenvalue weighted by Gasteiger charge is 2.06. The average molecular weight is 147 g/mol. The molecule has 0 spiro atoms. The number of rotatable bonds is 2. The molecule has 9 heavy (non-hydrogen) atoms. The van der Waals surface area contributed by atoms with Crippen LogP contribution in [0.15, 0.2) is 12.4 Å². The summed E-state index contributed by atoms with van der Waals surface area (Å²) in [5, 5.41) is 0. The molecule has 0 saturated carbocycles. The van der Waals surface area contributed by atoms with E-state index in [2.05, 4.69) is 11.8 Å². The topological polar surface area (TPSA) is 6.48 Å². The SMILES string of the molecule is CCCN1C=CN(Cl)C1. The molecule has 0 amide bonds. The Bertz CT molecular complexity index is 114. The summed E-state index contributed by atoms with van der Waals surface area (Å²) < 4.78 is 1.65. The number of halogens is 1. The number of hydrogen-bond acceptors (Lipinski definition) is 2. The molecule has 3 heteroatoms. The van der Waals surface area contributed by atoms with Crippen molar-refractivity contribution in [1.82, 2.24) is 9.32 Å². The molecule has 0 fully saturated rings. The standard InChI is InChI=1S/C6H11ClN2/c1-2-3-8-4-5-9(7)6-8/h4-5H,2-3,6H2,1H3. The van der Waals surface area contributed by atoms with Gasteiger partial charge >= 0.3 is 0 Å². The first-order valence-corrected chi connectivity index (χ1v) is 3.51. The van der Waals surface area contributed by atoms with Crippen LogP contribution in [0.5, 0.6) is 0 Å². The van der Waals surface area contributed by atoms with Gasteiger partial charge in [-0.05, 0) is 6.42 Å². The van der Waals surface area contributed by atoms with E-state index in [0.717, 1.165) is 13.2 Å². The molecule has 1 heterocycles. The Hall–Kier alpha value is -0.370. The minimum absolute atomic E-state index is 0.829. The smallest absolute Gasteiger partial charge is 0.105 e. The first kappa shape index (κ1) is 6.75. The summed E-state index contributed by atoms with van der Waals surface area (Å²) in [5.41, 5.74) is 0. The van der Waals surface area contributed by atoms with E-state index in [4.69, 9.17) is 11.8 Å². The summed E-state index contributed by atoms with van der Waals surface area (Å²) >= 11 is 5.65. The summed E-state index contributed by atoms with van der Waals surface area (Å²) in [5.74, 6) is 0. The lowest BCUT2D eigenvalue weighted by atomic mass is 10.4. The highest BCUT2D eigenvalue weighted by Crippen LogP contribution is 2.08. The van der Waals surface area contributed by atoms with Gasteiger partial charge in [0.1, 0.15) is 6.67 Å². The van der Waals surface area contributed by atoms with Crippen molar-refractivity contribution in [3.05, 3.63) is 12.4 Å². The van der Waals surface area contributed by atoms with Crippen molar-refractivity contribution in [3.8, 4) is 0 Å². The zero-order valence-corrected chi connectivity index (χ0v) is 6.30. The molecule has 0 unspecified atom stereocenters. The fourth-order valence-electron chi connectivity index (χ4n) is 0.867. The third-order valence-corrected chi connectivity index (χ3v) is 1.49. The molecule has 1 aliphatic rings. The minimum atomic E-state index is 0.829. The van der Waals surface area contributed by atoms with Crippen LogP contribution in [-0.4, -0.2) is 22.5 Å². The van der Waals surface area contributed by atoms with E-state index in [1.54, 1.807) is 4.42 Å². The largest absolute Gasteiger partial charge is 0.357 e. The fourth-order valence-corrected chi connectivity index (χ4v) is 1.05. The molecule has 2 nitrogen and oxygen atoms in total. The third-order valence-electron chi connectivity index (χ3n) is 1.27. The van der Waals surface area contributed by atoms with Gasteiger partial charge in [-0.25, -0.2) is 0 Å². The van der Waals surface area contributed by atoms with Gasteiger partial charge in [0.25, 0.3) is 0 Å². The molecular weight excluding hydrogens is 136 g/mol. The Kier molecular flexibility index (Phi) is 2.22. The maximum Gasteiger partial charge on any atom is 0.105 e. The van der Waals surface area contributed by atoms with Crippen LogP contribution in [-0.2, 0) is 0 Å². The lowest BCUT2D eigenvalue weighted by molar-refractivity contribution is 0.342.